The number of nitrogens with zero attached hydrogens (tertiary/aromatic N) is 3. The topological polar surface area (TPSA) is 42.2 Å². The maximum absolute atomic E-state index is 4.73. The lowest BCUT2D eigenvalue weighted by Crippen LogP contribution is -2.27. The second-order valence-electron chi connectivity index (χ2n) is 5.50. The molecule has 1 saturated carbocycles. The molecule has 1 unspecified atom stereocenters. The maximum Gasteiger partial charge on any atom is 0.155 e. The van der Waals surface area contributed by atoms with Crippen LogP contribution in [0.3, 0.4) is 0 Å². The second-order valence-corrected chi connectivity index (χ2v) is 5.50. The minimum absolute atomic E-state index is 0.421. The first-order valence-electron chi connectivity index (χ1n) is 7.00. The molecule has 0 aromatic carbocycles. The van der Waals surface area contributed by atoms with Crippen molar-refractivity contribution in [3.05, 3.63) is 29.7 Å². The van der Waals surface area contributed by atoms with E-state index in [2.05, 4.69) is 28.7 Å². The van der Waals surface area contributed by atoms with Crippen molar-refractivity contribution in [1.82, 2.24) is 19.9 Å². The molecule has 4 heteroatoms. The zero-order chi connectivity index (χ0) is 11.9. The van der Waals surface area contributed by atoms with Crippen LogP contribution in [0.1, 0.15) is 55.5 Å². The Labute approximate surface area is 106 Å². The van der Waals surface area contributed by atoms with E-state index in [0.717, 1.165) is 17.9 Å². The Balaban J connectivity index is 1.69. The molecule has 4 nitrogen and oxygen atoms in total. The van der Waals surface area contributed by atoms with Crippen LogP contribution < -0.4 is 5.32 Å². The highest BCUT2D eigenvalue weighted by molar-refractivity contribution is 5.41. The molecule has 2 aromatic rings. The highest BCUT2D eigenvalue weighted by Crippen LogP contribution is 2.39. The molecule has 0 spiro atoms. The van der Waals surface area contributed by atoms with Crippen molar-refractivity contribution < 1.29 is 0 Å². The molecule has 0 amide bonds. The summed E-state index contributed by atoms with van der Waals surface area (Å²) in [4.78, 5) is 4.73. The van der Waals surface area contributed by atoms with Gasteiger partial charge in [0.15, 0.2) is 5.65 Å². The monoisotopic (exact) mass is 242 g/mol. The van der Waals surface area contributed by atoms with Crippen LogP contribution in [0.25, 0.3) is 5.65 Å². The molecule has 2 fully saturated rings. The van der Waals surface area contributed by atoms with E-state index in [1.165, 1.54) is 37.8 Å². The molecule has 2 aromatic heterocycles. The first-order valence-corrected chi connectivity index (χ1v) is 7.00. The number of fused-ring (bicyclic) bond motifs is 1. The molecular weight excluding hydrogens is 224 g/mol. The Morgan fingerprint density at radius 1 is 1.17 bits per heavy atom. The van der Waals surface area contributed by atoms with Crippen LogP contribution in [0, 0.1) is 0 Å². The fraction of sp³-hybridized carbons (Fsp3) is 0.571. The number of hydrogen-bond acceptors (Lipinski definition) is 3. The Morgan fingerprint density at radius 3 is 2.89 bits per heavy atom. The summed E-state index contributed by atoms with van der Waals surface area (Å²) in [5, 5.41) is 8.19. The van der Waals surface area contributed by atoms with Crippen molar-refractivity contribution in [2.45, 2.75) is 44.1 Å². The predicted molar refractivity (Wildman–Crippen MR) is 69.6 cm³/mol. The van der Waals surface area contributed by atoms with E-state index in [1.807, 2.05) is 4.52 Å². The number of rotatable bonds is 2. The summed E-state index contributed by atoms with van der Waals surface area (Å²) in [6.45, 7) is 1.11. The number of piperidine rings is 1. The first kappa shape index (κ1) is 10.5. The molecule has 4 rings (SSSR count). The van der Waals surface area contributed by atoms with E-state index >= 15 is 0 Å². The van der Waals surface area contributed by atoms with Crippen LogP contribution in [0.2, 0.25) is 0 Å². The lowest BCUT2D eigenvalue weighted by atomic mass is 10.0. The van der Waals surface area contributed by atoms with Gasteiger partial charge in [0.25, 0.3) is 0 Å². The van der Waals surface area contributed by atoms with Gasteiger partial charge in [-0.3, -0.25) is 0 Å². The highest BCUT2D eigenvalue weighted by atomic mass is 15.3. The van der Waals surface area contributed by atoms with E-state index in [0.29, 0.717) is 12.0 Å². The smallest absolute Gasteiger partial charge is 0.155 e. The fourth-order valence-electron chi connectivity index (χ4n) is 2.79. The summed E-state index contributed by atoms with van der Waals surface area (Å²) in [5.74, 6) is 0.709. The zero-order valence-corrected chi connectivity index (χ0v) is 10.5. The summed E-state index contributed by atoms with van der Waals surface area (Å²) < 4.78 is 1.91. The van der Waals surface area contributed by atoms with Gasteiger partial charge in [0.1, 0.15) is 0 Å². The molecular formula is C14H18N4. The van der Waals surface area contributed by atoms with Crippen molar-refractivity contribution in [3.63, 3.8) is 0 Å². The Kier molecular flexibility index (Phi) is 2.36. The minimum Gasteiger partial charge on any atom is -0.309 e. The van der Waals surface area contributed by atoms with Gasteiger partial charge in [0, 0.05) is 23.9 Å². The third kappa shape index (κ3) is 1.81. The average Bonchev–Trinajstić information content (AvgIpc) is 3.18. The number of hydrogen-bond donors (Lipinski definition) is 1. The van der Waals surface area contributed by atoms with E-state index in [1.54, 1.807) is 0 Å². The summed E-state index contributed by atoms with van der Waals surface area (Å²) >= 11 is 0. The summed E-state index contributed by atoms with van der Waals surface area (Å²) in [6, 6.07) is 4.69. The zero-order valence-electron chi connectivity index (χ0n) is 10.5. The normalized spacial score (nSPS) is 24.6. The van der Waals surface area contributed by atoms with Gasteiger partial charge in [-0.1, -0.05) is 6.42 Å². The van der Waals surface area contributed by atoms with Crippen molar-refractivity contribution in [1.29, 1.82) is 0 Å². The Hall–Kier alpha value is -1.42. The quantitative estimate of drug-likeness (QED) is 0.879. The van der Waals surface area contributed by atoms with Crippen LogP contribution in [-0.4, -0.2) is 21.1 Å². The van der Waals surface area contributed by atoms with Gasteiger partial charge in [-0.15, -0.1) is 0 Å². The van der Waals surface area contributed by atoms with Gasteiger partial charge in [-0.05, 0) is 38.3 Å². The Morgan fingerprint density at radius 2 is 2.11 bits per heavy atom. The third-order valence-corrected chi connectivity index (χ3v) is 4.03. The number of aromatic nitrogens is 3. The van der Waals surface area contributed by atoms with Crippen molar-refractivity contribution in [3.8, 4) is 0 Å². The number of nitrogens with one attached hydrogen (secondary N) is 1. The summed E-state index contributed by atoms with van der Waals surface area (Å²) in [5.41, 5.74) is 3.39. The second kappa shape index (κ2) is 4.05. The molecule has 1 aliphatic heterocycles. The fourth-order valence-corrected chi connectivity index (χ4v) is 2.79. The molecule has 18 heavy (non-hydrogen) atoms. The highest BCUT2D eigenvalue weighted by Gasteiger charge is 2.25. The molecule has 1 saturated heterocycles. The van der Waals surface area contributed by atoms with Crippen LogP contribution in [0.15, 0.2) is 18.3 Å². The van der Waals surface area contributed by atoms with Crippen LogP contribution in [0.5, 0.6) is 0 Å². The van der Waals surface area contributed by atoms with E-state index in [4.69, 9.17) is 4.98 Å². The van der Waals surface area contributed by atoms with Crippen molar-refractivity contribution in [2.75, 3.05) is 6.54 Å². The summed E-state index contributed by atoms with van der Waals surface area (Å²) in [7, 11) is 0. The lowest BCUT2D eigenvalue weighted by Gasteiger charge is -2.21. The minimum atomic E-state index is 0.421. The predicted octanol–water partition coefficient (Wildman–Crippen LogP) is 2.42. The van der Waals surface area contributed by atoms with Crippen LogP contribution in [0.4, 0.5) is 0 Å². The van der Waals surface area contributed by atoms with Gasteiger partial charge in [-0.25, -0.2) is 9.50 Å². The standard InChI is InChI=1S/C14H18N4/c1-2-7-15-12(3-1)13-9-14-16-11(10-4-5-10)6-8-18(14)17-13/h6,8-10,12,15H,1-5,7H2. The first-order chi connectivity index (χ1) is 8.90. The van der Waals surface area contributed by atoms with E-state index < -0.39 is 0 Å². The van der Waals surface area contributed by atoms with Gasteiger partial charge in [0.05, 0.1) is 11.7 Å². The van der Waals surface area contributed by atoms with Gasteiger partial charge in [0.2, 0.25) is 0 Å². The van der Waals surface area contributed by atoms with E-state index in [-0.39, 0.29) is 0 Å². The van der Waals surface area contributed by atoms with Crippen LogP contribution in [-0.2, 0) is 0 Å². The molecule has 1 aliphatic carbocycles. The van der Waals surface area contributed by atoms with Gasteiger partial charge >= 0.3 is 0 Å². The molecule has 0 bridgehead atoms. The van der Waals surface area contributed by atoms with E-state index in [9.17, 15) is 0 Å². The Bertz CT molecular complexity index is 564. The average molecular weight is 242 g/mol. The molecule has 1 N–H and O–H groups in total. The molecule has 94 valence electrons. The molecule has 1 atom stereocenters. The summed E-state index contributed by atoms with van der Waals surface area (Å²) in [6.07, 6.45) is 8.44. The molecule has 0 radical (unpaired) electrons. The van der Waals surface area contributed by atoms with Gasteiger partial charge in [-0.2, -0.15) is 5.10 Å². The maximum atomic E-state index is 4.73. The van der Waals surface area contributed by atoms with Gasteiger partial charge < -0.3 is 5.32 Å². The lowest BCUT2D eigenvalue weighted by molar-refractivity contribution is 0.404. The largest absolute Gasteiger partial charge is 0.309 e. The van der Waals surface area contributed by atoms with Crippen molar-refractivity contribution in [2.24, 2.45) is 0 Å². The molecule has 2 aliphatic rings. The third-order valence-electron chi connectivity index (χ3n) is 4.03. The van der Waals surface area contributed by atoms with Crippen molar-refractivity contribution >= 4 is 5.65 Å². The van der Waals surface area contributed by atoms with Crippen LogP contribution >= 0.6 is 0 Å². The molecule has 3 heterocycles. The SMILES string of the molecule is c1cn2nc(C3CCCCN3)cc2nc1C1CC1.